The maximum absolute atomic E-state index is 12.4. The van der Waals surface area contributed by atoms with Gasteiger partial charge in [-0.1, -0.05) is 0 Å². The topological polar surface area (TPSA) is 101 Å². The number of hydroxylamine groups is 3. The lowest BCUT2D eigenvalue weighted by atomic mass is 10.0. The summed E-state index contributed by atoms with van der Waals surface area (Å²) in [6.07, 6.45) is 0.571. The third-order valence-corrected chi connectivity index (χ3v) is 4.65. The van der Waals surface area contributed by atoms with E-state index in [0.717, 1.165) is 0 Å². The normalized spacial score (nSPS) is 26.0. The molecule has 3 rings (SSSR count). The minimum absolute atomic E-state index is 0.00788. The zero-order chi connectivity index (χ0) is 19.1. The number of fused-ring (bicyclic) bond motifs is 2. The van der Waals surface area contributed by atoms with Gasteiger partial charge in [0.05, 0.1) is 26.2 Å². The van der Waals surface area contributed by atoms with Crippen LogP contribution in [-0.2, 0) is 19.2 Å². The fourth-order valence-corrected chi connectivity index (χ4v) is 3.33. The molecule has 0 aromatic carbocycles. The molecule has 1 N–H and O–H groups in total. The maximum Gasteiger partial charge on any atom is 0.410 e. The largest absolute Gasteiger partial charge is 0.444 e. The van der Waals surface area contributed by atoms with Crippen molar-refractivity contribution in [2.75, 3.05) is 26.7 Å². The molecule has 0 aromatic rings. The third kappa shape index (κ3) is 3.70. The van der Waals surface area contributed by atoms with Crippen molar-refractivity contribution >= 4 is 18.0 Å². The van der Waals surface area contributed by atoms with E-state index < -0.39 is 17.7 Å². The summed E-state index contributed by atoms with van der Waals surface area (Å²) in [5.41, 5.74) is 1.88. The molecule has 3 heterocycles. The van der Waals surface area contributed by atoms with Crippen LogP contribution in [0.2, 0.25) is 0 Å². The number of likely N-dealkylation sites (tertiary alicyclic amines) is 1. The van der Waals surface area contributed by atoms with Crippen LogP contribution in [-0.4, -0.2) is 83.4 Å². The van der Waals surface area contributed by atoms with E-state index in [1.54, 1.807) is 20.8 Å². The lowest BCUT2D eigenvalue weighted by molar-refractivity contribution is -0.152. The summed E-state index contributed by atoms with van der Waals surface area (Å²) in [5, 5.41) is 1.32. The van der Waals surface area contributed by atoms with Crippen LogP contribution in [0.3, 0.4) is 0 Å². The number of rotatable bonds is 4. The van der Waals surface area contributed by atoms with Crippen molar-refractivity contribution in [1.29, 1.82) is 0 Å². The molecule has 3 aliphatic rings. The molecular weight excluding hydrogens is 344 g/mol. The third-order valence-electron chi connectivity index (χ3n) is 4.65. The second-order valence-corrected chi connectivity index (χ2v) is 7.78. The Morgan fingerprint density at radius 1 is 1.15 bits per heavy atom. The molecule has 10 heteroatoms. The Kier molecular flexibility index (Phi) is 4.98. The minimum Gasteiger partial charge on any atom is -0.444 e. The summed E-state index contributed by atoms with van der Waals surface area (Å²) in [6, 6.07) is -0.873. The number of piperidine rings is 1. The van der Waals surface area contributed by atoms with Crippen molar-refractivity contribution in [3.63, 3.8) is 0 Å². The molecule has 3 saturated heterocycles. The number of amides is 4. The average Bonchev–Trinajstić information content (AvgIpc) is 2.74. The molecule has 0 spiro atoms. The van der Waals surface area contributed by atoms with Gasteiger partial charge in [0.25, 0.3) is 5.91 Å². The molecule has 0 saturated carbocycles. The van der Waals surface area contributed by atoms with Crippen molar-refractivity contribution in [3.8, 4) is 0 Å². The van der Waals surface area contributed by atoms with Crippen molar-refractivity contribution in [2.45, 2.75) is 57.4 Å². The first-order chi connectivity index (χ1) is 12.2. The van der Waals surface area contributed by atoms with Crippen LogP contribution in [0.5, 0.6) is 0 Å². The average molecular weight is 370 g/mol. The summed E-state index contributed by atoms with van der Waals surface area (Å²) in [6.45, 7) is 6.58. The Morgan fingerprint density at radius 2 is 1.85 bits per heavy atom. The number of urea groups is 1. The maximum atomic E-state index is 12.4. The first kappa shape index (κ1) is 18.7. The van der Waals surface area contributed by atoms with Gasteiger partial charge in [0, 0.05) is 6.54 Å². The zero-order valence-electron chi connectivity index (χ0n) is 15.6. The molecule has 2 atom stereocenters. The molecule has 0 aromatic heterocycles. The van der Waals surface area contributed by atoms with Crippen LogP contribution in [0.4, 0.5) is 9.59 Å². The Morgan fingerprint density at radius 3 is 2.46 bits per heavy atom. The highest BCUT2D eigenvalue weighted by atomic mass is 16.7. The van der Waals surface area contributed by atoms with Crippen molar-refractivity contribution < 1.29 is 28.8 Å². The van der Waals surface area contributed by atoms with E-state index in [9.17, 15) is 14.4 Å². The first-order valence-electron chi connectivity index (χ1n) is 8.77. The Labute approximate surface area is 152 Å². The second-order valence-electron chi connectivity index (χ2n) is 7.78. The lowest BCUT2D eigenvalue weighted by Gasteiger charge is -2.39. The van der Waals surface area contributed by atoms with Gasteiger partial charge >= 0.3 is 12.1 Å². The fraction of sp³-hybridized carbons (Fsp3) is 0.812. The van der Waals surface area contributed by atoms with Crippen molar-refractivity contribution in [1.82, 2.24) is 20.3 Å². The number of carbonyl (C=O) groups excluding carboxylic acids is 3. The van der Waals surface area contributed by atoms with Gasteiger partial charge in [-0.05, 0) is 33.6 Å². The molecule has 146 valence electrons. The zero-order valence-corrected chi connectivity index (χ0v) is 15.6. The molecule has 3 aliphatic heterocycles. The molecule has 3 fully saturated rings. The Balaban J connectivity index is 1.42. The van der Waals surface area contributed by atoms with Gasteiger partial charge in [0.1, 0.15) is 17.7 Å². The van der Waals surface area contributed by atoms with E-state index >= 15 is 0 Å². The predicted molar refractivity (Wildman–Crippen MR) is 88.6 cm³/mol. The van der Waals surface area contributed by atoms with Crippen LogP contribution >= 0.6 is 0 Å². The van der Waals surface area contributed by atoms with Gasteiger partial charge in [-0.25, -0.2) is 15.1 Å². The molecule has 0 radical (unpaired) electrons. The van der Waals surface area contributed by atoms with Gasteiger partial charge in [0.2, 0.25) is 0 Å². The van der Waals surface area contributed by atoms with E-state index in [2.05, 4.69) is 5.48 Å². The van der Waals surface area contributed by atoms with Gasteiger partial charge in [-0.3, -0.25) is 14.5 Å². The summed E-state index contributed by atoms with van der Waals surface area (Å²) >= 11 is 0. The van der Waals surface area contributed by atoms with E-state index in [0.29, 0.717) is 32.5 Å². The van der Waals surface area contributed by atoms with E-state index in [-0.39, 0.29) is 24.1 Å². The van der Waals surface area contributed by atoms with Gasteiger partial charge in [0.15, 0.2) is 0 Å². The fourth-order valence-electron chi connectivity index (χ4n) is 3.33. The van der Waals surface area contributed by atoms with E-state index in [1.165, 1.54) is 22.0 Å². The highest BCUT2D eigenvalue weighted by molar-refractivity contribution is 5.88. The van der Waals surface area contributed by atoms with Crippen molar-refractivity contribution in [3.05, 3.63) is 0 Å². The van der Waals surface area contributed by atoms with E-state index in [1.807, 2.05) is 0 Å². The highest BCUT2D eigenvalue weighted by Gasteiger charge is 2.48. The number of ether oxygens (including phenoxy) is 1. The standard InChI is InChI=1S/C16H26N4O6/c1-16(2,3)25-15(23)18-8-11(9-18)26-17-13(21)12-6-5-10-7-19(12)14(22)20(10)24-4/h10-12H,5-9H2,1-4H3,(H,17,21)/t10-,12+/m1/s1. The molecule has 10 nitrogen and oxygen atoms in total. The van der Waals surface area contributed by atoms with Crippen LogP contribution in [0.25, 0.3) is 0 Å². The molecule has 26 heavy (non-hydrogen) atoms. The monoisotopic (exact) mass is 370 g/mol. The van der Waals surface area contributed by atoms with Gasteiger partial charge in [-0.2, -0.15) is 5.06 Å². The number of hydrogen-bond donors (Lipinski definition) is 1. The summed E-state index contributed by atoms with van der Waals surface area (Å²) in [4.78, 5) is 49.9. The van der Waals surface area contributed by atoms with Gasteiger partial charge in [-0.15, -0.1) is 0 Å². The molecule has 2 bridgehead atoms. The van der Waals surface area contributed by atoms with Crippen LogP contribution in [0.1, 0.15) is 33.6 Å². The SMILES string of the molecule is CON1C(=O)N2C[C@H]1CC[C@H]2C(=O)NOC1CN(C(=O)OC(C)(C)C)C1. The number of nitrogens with zero attached hydrogens (tertiary/aromatic N) is 3. The number of hydrogen-bond acceptors (Lipinski definition) is 6. The predicted octanol–water partition coefficient (Wildman–Crippen LogP) is 0.484. The summed E-state index contributed by atoms with van der Waals surface area (Å²) in [5.74, 6) is -0.356. The summed E-state index contributed by atoms with van der Waals surface area (Å²) < 4.78 is 5.26. The highest BCUT2D eigenvalue weighted by Crippen LogP contribution is 2.29. The number of nitrogens with one attached hydrogen (secondary N) is 1. The van der Waals surface area contributed by atoms with Crippen LogP contribution in [0.15, 0.2) is 0 Å². The van der Waals surface area contributed by atoms with Crippen LogP contribution < -0.4 is 5.48 Å². The first-order valence-corrected chi connectivity index (χ1v) is 8.77. The molecule has 4 amide bonds. The summed E-state index contributed by atoms with van der Waals surface area (Å²) in [7, 11) is 1.45. The van der Waals surface area contributed by atoms with Crippen LogP contribution in [0, 0.1) is 0 Å². The second kappa shape index (κ2) is 6.92. The van der Waals surface area contributed by atoms with E-state index in [4.69, 9.17) is 14.4 Å². The Bertz CT molecular complexity index is 586. The minimum atomic E-state index is -0.569. The smallest absolute Gasteiger partial charge is 0.410 e. The van der Waals surface area contributed by atoms with Gasteiger partial charge < -0.3 is 14.5 Å². The molecular formula is C16H26N4O6. The Hall–Kier alpha value is -2.07. The molecule has 0 aliphatic carbocycles. The number of carbonyl (C=O) groups is 3. The molecule has 0 unspecified atom stereocenters. The quantitative estimate of drug-likeness (QED) is 0.723. The lowest BCUT2D eigenvalue weighted by Crippen LogP contribution is -2.58. The van der Waals surface area contributed by atoms with Crippen molar-refractivity contribution in [2.24, 2.45) is 0 Å².